The molecule has 7 nitrogen and oxygen atoms in total. The fourth-order valence-corrected chi connectivity index (χ4v) is 1.70. The number of nitrogens with one attached hydrogen (secondary N) is 1. The minimum absolute atomic E-state index is 0.0672. The van der Waals surface area contributed by atoms with Gasteiger partial charge in [0.05, 0.1) is 24.4 Å². The fourth-order valence-electron chi connectivity index (χ4n) is 1.53. The van der Waals surface area contributed by atoms with Crippen molar-refractivity contribution in [2.24, 2.45) is 0 Å². The monoisotopic (exact) mass is 309 g/mol. The van der Waals surface area contributed by atoms with Gasteiger partial charge in [-0.3, -0.25) is 0 Å². The van der Waals surface area contributed by atoms with Gasteiger partial charge < -0.3 is 20.5 Å². The molecule has 0 radical (unpaired) electrons. The van der Waals surface area contributed by atoms with Crippen molar-refractivity contribution < 1.29 is 9.47 Å². The van der Waals surface area contributed by atoms with Gasteiger partial charge in [0.1, 0.15) is 5.75 Å². The van der Waals surface area contributed by atoms with Gasteiger partial charge in [-0.2, -0.15) is 15.0 Å². The van der Waals surface area contributed by atoms with E-state index in [-0.39, 0.29) is 17.9 Å². The zero-order chi connectivity index (χ0) is 15.2. The molecule has 0 fully saturated rings. The van der Waals surface area contributed by atoms with E-state index < -0.39 is 0 Å². The van der Waals surface area contributed by atoms with E-state index in [1.54, 1.807) is 25.3 Å². The van der Waals surface area contributed by atoms with Gasteiger partial charge in [0.15, 0.2) is 0 Å². The van der Waals surface area contributed by atoms with Crippen LogP contribution in [0, 0.1) is 0 Å². The van der Waals surface area contributed by atoms with Crippen molar-refractivity contribution in [1.29, 1.82) is 0 Å². The number of nitrogens with zero attached hydrogens (tertiary/aromatic N) is 3. The standard InChI is InChI=1S/C13H16ClN5O2/c1-3-6-21-13-18-11(15)17-12(19-13)16-10-7-8(20-2)4-5-9(10)14/h4-5,7H,3,6H2,1-2H3,(H3,15,16,17,18,19). The third kappa shape index (κ3) is 4.09. The van der Waals surface area contributed by atoms with E-state index in [9.17, 15) is 0 Å². The molecular weight excluding hydrogens is 294 g/mol. The first kappa shape index (κ1) is 15.1. The highest BCUT2D eigenvalue weighted by atomic mass is 35.5. The van der Waals surface area contributed by atoms with Crippen LogP contribution in [0.1, 0.15) is 13.3 Å². The summed E-state index contributed by atoms with van der Waals surface area (Å²) in [5.41, 5.74) is 6.24. The maximum Gasteiger partial charge on any atom is 0.323 e. The molecule has 21 heavy (non-hydrogen) atoms. The van der Waals surface area contributed by atoms with E-state index in [0.29, 0.717) is 23.1 Å². The Morgan fingerprint density at radius 2 is 2.10 bits per heavy atom. The molecule has 0 unspecified atom stereocenters. The van der Waals surface area contributed by atoms with E-state index in [4.69, 9.17) is 26.8 Å². The molecule has 1 aromatic carbocycles. The Morgan fingerprint density at radius 3 is 2.81 bits per heavy atom. The number of methoxy groups -OCH3 is 1. The van der Waals surface area contributed by atoms with E-state index in [1.807, 2.05) is 6.92 Å². The van der Waals surface area contributed by atoms with E-state index in [0.717, 1.165) is 6.42 Å². The second-order valence-corrected chi connectivity index (χ2v) is 4.53. The Hall–Kier alpha value is -2.28. The van der Waals surface area contributed by atoms with Crippen LogP contribution in [-0.2, 0) is 0 Å². The van der Waals surface area contributed by atoms with E-state index >= 15 is 0 Å². The summed E-state index contributed by atoms with van der Waals surface area (Å²) in [6.45, 7) is 2.49. The van der Waals surface area contributed by atoms with Crippen molar-refractivity contribution in [3.05, 3.63) is 23.2 Å². The molecule has 0 atom stereocenters. The van der Waals surface area contributed by atoms with Gasteiger partial charge in [0, 0.05) is 6.07 Å². The first-order valence-corrected chi connectivity index (χ1v) is 6.75. The summed E-state index contributed by atoms with van der Waals surface area (Å²) in [6, 6.07) is 5.37. The molecule has 1 aromatic heterocycles. The van der Waals surface area contributed by atoms with Crippen LogP contribution in [0.2, 0.25) is 5.02 Å². The van der Waals surface area contributed by atoms with Crippen LogP contribution in [0.4, 0.5) is 17.6 Å². The van der Waals surface area contributed by atoms with Crippen LogP contribution in [0.3, 0.4) is 0 Å². The third-order valence-corrected chi connectivity index (χ3v) is 2.82. The van der Waals surface area contributed by atoms with Gasteiger partial charge >= 0.3 is 6.01 Å². The number of rotatable bonds is 6. The SMILES string of the molecule is CCCOc1nc(N)nc(Nc2cc(OC)ccc2Cl)n1. The summed E-state index contributed by atoms with van der Waals surface area (Å²) >= 11 is 6.11. The van der Waals surface area contributed by atoms with E-state index in [2.05, 4.69) is 20.3 Å². The molecule has 3 N–H and O–H groups in total. The summed E-state index contributed by atoms with van der Waals surface area (Å²) in [5, 5.41) is 3.48. The largest absolute Gasteiger partial charge is 0.497 e. The summed E-state index contributed by atoms with van der Waals surface area (Å²) in [7, 11) is 1.57. The van der Waals surface area contributed by atoms with Crippen molar-refractivity contribution in [1.82, 2.24) is 15.0 Å². The Kier molecular flexibility index (Phi) is 4.99. The summed E-state index contributed by atoms with van der Waals surface area (Å²) in [4.78, 5) is 12.0. The van der Waals surface area contributed by atoms with Crippen molar-refractivity contribution >= 4 is 29.2 Å². The maximum absolute atomic E-state index is 6.11. The smallest absolute Gasteiger partial charge is 0.323 e. The van der Waals surface area contributed by atoms with Gasteiger partial charge in [-0.25, -0.2) is 0 Å². The first-order valence-electron chi connectivity index (χ1n) is 6.37. The molecule has 0 aliphatic heterocycles. The number of anilines is 3. The molecule has 112 valence electrons. The molecule has 0 aliphatic rings. The number of nitrogens with two attached hydrogens (primary N) is 1. The number of nitrogen functional groups attached to an aromatic ring is 1. The highest BCUT2D eigenvalue weighted by molar-refractivity contribution is 6.33. The molecule has 2 aromatic rings. The number of aromatic nitrogens is 3. The van der Waals surface area contributed by atoms with Crippen LogP contribution in [0.5, 0.6) is 11.8 Å². The highest BCUT2D eigenvalue weighted by Gasteiger charge is 2.08. The Bertz CT molecular complexity index is 624. The number of ether oxygens (including phenoxy) is 2. The molecule has 8 heteroatoms. The number of hydrogen-bond donors (Lipinski definition) is 2. The van der Waals surface area contributed by atoms with E-state index in [1.165, 1.54) is 0 Å². The van der Waals surface area contributed by atoms with Crippen molar-refractivity contribution in [2.45, 2.75) is 13.3 Å². The van der Waals surface area contributed by atoms with Crippen LogP contribution in [0.15, 0.2) is 18.2 Å². The molecule has 1 heterocycles. The minimum Gasteiger partial charge on any atom is -0.497 e. The molecular formula is C13H16ClN5O2. The molecule has 0 amide bonds. The van der Waals surface area contributed by atoms with Crippen LogP contribution < -0.4 is 20.5 Å². The molecule has 0 aliphatic carbocycles. The number of halogens is 1. The van der Waals surface area contributed by atoms with Crippen LogP contribution >= 0.6 is 11.6 Å². The normalized spacial score (nSPS) is 10.2. The predicted octanol–water partition coefficient (Wildman–Crippen LogP) is 2.65. The van der Waals surface area contributed by atoms with Gasteiger partial charge in [-0.05, 0) is 18.6 Å². The Labute approximate surface area is 127 Å². The lowest BCUT2D eigenvalue weighted by molar-refractivity contribution is 0.292. The predicted molar refractivity (Wildman–Crippen MR) is 81.3 cm³/mol. The molecule has 0 saturated heterocycles. The van der Waals surface area contributed by atoms with Gasteiger partial charge in [0.25, 0.3) is 0 Å². The highest BCUT2D eigenvalue weighted by Crippen LogP contribution is 2.28. The second kappa shape index (κ2) is 6.94. The summed E-state index contributed by atoms with van der Waals surface area (Å²) in [6.07, 6.45) is 0.843. The summed E-state index contributed by atoms with van der Waals surface area (Å²) in [5.74, 6) is 0.979. The molecule has 0 bridgehead atoms. The Morgan fingerprint density at radius 1 is 1.29 bits per heavy atom. The first-order chi connectivity index (χ1) is 10.1. The van der Waals surface area contributed by atoms with Crippen LogP contribution in [-0.4, -0.2) is 28.7 Å². The van der Waals surface area contributed by atoms with Gasteiger partial charge in [-0.1, -0.05) is 18.5 Å². The van der Waals surface area contributed by atoms with Gasteiger partial charge in [-0.15, -0.1) is 0 Å². The third-order valence-electron chi connectivity index (χ3n) is 2.49. The lowest BCUT2D eigenvalue weighted by Gasteiger charge is -2.10. The van der Waals surface area contributed by atoms with Gasteiger partial charge in [0.2, 0.25) is 11.9 Å². The lowest BCUT2D eigenvalue weighted by atomic mass is 10.3. The maximum atomic E-state index is 6.11. The lowest BCUT2D eigenvalue weighted by Crippen LogP contribution is -2.07. The average molecular weight is 310 g/mol. The average Bonchev–Trinajstić information content (AvgIpc) is 2.47. The molecule has 2 rings (SSSR count). The second-order valence-electron chi connectivity index (χ2n) is 4.12. The van der Waals surface area contributed by atoms with Crippen molar-refractivity contribution in [3.63, 3.8) is 0 Å². The zero-order valence-corrected chi connectivity index (χ0v) is 12.5. The number of hydrogen-bond acceptors (Lipinski definition) is 7. The summed E-state index contributed by atoms with van der Waals surface area (Å²) < 4.78 is 10.5. The van der Waals surface area contributed by atoms with Crippen molar-refractivity contribution in [2.75, 3.05) is 24.8 Å². The molecule has 0 saturated carbocycles. The topological polar surface area (TPSA) is 95.2 Å². The minimum atomic E-state index is 0.0672. The quantitative estimate of drug-likeness (QED) is 0.846. The van der Waals surface area contributed by atoms with Crippen LogP contribution in [0.25, 0.3) is 0 Å². The fraction of sp³-hybridized carbons (Fsp3) is 0.308. The van der Waals surface area contributed by atoms with Crippen molar-refractivity contribution in [3.8, 4) is 11.8 Å². The zero-order valence-electron chi connectivity index (χ0n) is 11.8. The Balaban J connectivity index is 2.24. The molecule has 0 spiro atoms. The number of benzene rings is 1.